The number of ether oxygens (including phenoxy) is 1. The number of carbonyl (C=O) groups excluding carboxylic acids is 1. The molecule has 168 valence electrons. The van der Waals surface area contributed by atoms with Gasteiger partial charge >= 0.3 is 0 Å². The molecule has 0 radical (unpaired) electrons. The maximum atomic E-state index is 11.8. The van der Waals surface area contributed by atoms with Crippen LogP contribution in [0.4, 0.5) is 0 Å². The molecule has 9 heteroatoms. The molecule has 0 spiro atoms. The van der Waals surface area contributed by atoms with Gasteiger partial charge in [0.1, 0.15) is 24.5 Å². The van der Waals surface area contributed by atoms with Crippen molar-refractivity contribution in [3.63, 3.8) is 0 Å². The molecule has 0 saturated heterocycles. The summed E-state index contributed by atoms with van der Waals surface area (Å²) in [5.41, 5.74) is 2.51. The quantitative estimate of drug-likeness (QED) is 0.353. The highest BCUT2D eigenvalue weighted by molar-refractivity contribution is 6.76. The minimum absolute atomic E-state index is 0.0955. The van der Waals surface area contributed by atoms with Crippen LogP contribution in [0.5, 0.6) is 0 Å². The van der Waals surface area contributed by atoms with Crippen molar-refractivity contribution in [1.82, 2.24) is 24.3 Å². The Morgan fingerprint density at radius 3 is 2.91 bits per heavy atom. The molecule has 32 heavy (non-hydrogen) atoms. The monoisotopic (exact) mass is 450 g/mol. The first-order chi connectivity index (χ1) is 15.4. The van der Waals surface area contributed by atoms with Gasteiger partial charge in [-0.1, -0.05) is 19.6 Å². The van der Waals surface area contributed by atoms with E-state index in [4.69, 9.17) is 4.74 Å². The zero-order valence-corrected chi connectivity index (χ0v) is 20.0. The number of hydrogen-bond acceptors (Lipinski definition) is 6. The average molecular weight is 451 g/mol. The van der Waals surface area contributed by atoms with Gasteiger partial charge in [-0.25, -0.2) is 9.97 Å². The molecular formula is C23H30N6O2Si. The summed E-state index contributed by atoms with van der Waals surface area (Å²) in [6, 6.07) is 5.30. The van der Waals surface area contributed by atoms with Gasteiger partial charge in [-0.15, -0.1) is 0 Å². The third kappa shape index (κ3) is 4.97. The Kier molecular flexibility index (Phi) is 6.53. The number of fused-ring (bicyclic) bond motifs is 1. The van der Waals surface area contributed by atoms with Gasteiger partial charge < -0.3 is 9.30 Å². The molecule has 1 aliphatic rings. The fourth-order valence-electron chi connectivity index (χ4n) is 4.26. The summed E-state index contributed by atoms with van der Waals surface area (Å²) in [6.45, 7) is 8.24. The van der Waals surface area contributed by atoms with E-state index in [1.807, 2.05) is 27.7 Å². The van der Waals surface area contributed by atoms with Crippen molar-refractivity contribution in [3.05, 3.63) is 31.0 Å². The third-order valence-corrected chi connectivity index (χ3v) is 7.83. The van der Waals surface area contributed by atoms with Crippen molar-refractivity contribution < 1.29 is 9.53 Å². The molecule has 3 aromatic rings. The second-order valence-electron chi connectivity index (χ2n) is 9.77. The van der Waals surface area contributed by atoms with E-state index in [1.54, 1.807) is 12.5 Å². The van der Waals surface area contributed by atoms with Crippen molar-refractivity contribution in [3.8, 4) is 17.3 Å². The lowest BCUT2D eigenvalue weighted by Crippen LogP contribution is -2.22. The molecule has 2 unspecified atom stereocenters. The van der Waals surface area contributed by atoms with E-state index < -0.39 is 8.07 Å². The minimum atomic E-state index is -1.12. The molecule has 4 rings (SSSR count). The van der Waals surface area contributed by atoms with Gasteiger partial charge in [0.15, 0.2) is 0 Å². The van der Waals surface area contributed by atoms with Crippen LogP contribution in [0.25, 0.3) is 22.3 Å². The first kappa shape index (κ1) is 22.4. The van der Waals surface area contributed by atoms with Crippen LogP contribution in [0.2, 0.25) is 25.7 Å². The van der Waals surface area contributed by atoms with E-state index in [0.29, 0.717) is 26.0 Å². The zero-order chi connectivity index (χ0) is 22.7. The molecule has 0 N–H and O–H groups in total. The van der Waals surface area contributed by atoms with Crippen molar-refractivity contribution in [2.75, 3.05) is 6.61 Å². The summed E-state index contributed by atoms with van der Waals surface area (Å²) in [4.78, 5) is 20.8. The second-order valence-corrected chi connectivity index (χ2v) is 15.4. The van der Waals surface area contributed by atoms with Gasteiger partial charge in [-0.3, -0.25) is 9.48 Å². The maximum Gasteiger partial charge on any atom is 0.145 e. The number of nitrogens with zero attached hydrogens (tertiary/aromatic N) is 6. The molecule has 0 amide bonds. The molecule has 2 atom stereocenters. The number of Topliss-reactive ketones (excluding diaryl/α,β-unsaturated/α-hetero) is 1. The summed E-state index contributed by atoms with van der Waals surface area (Å²) in [6.07, 6.45) is 9.54. The van der Waals surface area contributed by atoms with E-state index in [1.165, 1.54) is 0 Å². The second kappa shape index (κ2) is 9.34. The van der Waals surface area contributed by atoms with E-state index in [9.17, 15) is 10.1 Å². The molecule has 1 saturated carbocycles. The Labute approximate surface area is 189 Å². The lowest BCUT2D eigenvalue weighted by atomic mass is 9.96. The predicted octanol–water partition coefficient (Wildman–Crippen LogP) is 4.43. The topological polar surface area (TPSA) is 98.6 Å². The lowest BCUT2D eigenvalue weighted by Gasteiger charge is -2.20. The maximum absolute atomic E-state index is 11.8. The largest absolute Gasteiger partial charge is 0.361 e. The first-order valence-corrected chi connectivity index (χ1v) is 14.9. The summed E-state index contributed by atoms with van der Waals surface area (Å²) in [5, 5.41) is 14.8. The molecule has 1 aliphatic carbocycles. The Balaban J connectivity index is 1.54. The normalized spacial score (nSPS) is 17.7. The van der Waals surface area contributed by atoms with Gasteiger partial charge in [-0.2, -0.15) is 10.4 Å². The fourth-order valence-corrected chi connectivity index (χ4v) is 5.02. The SMILES string of the molecule is C[Si](C)(C)CCOCn1ccc2c(-c3cnn(C(CC#N)C4CCC(=O)C4)c3)ncnc21. The summed E-state index contributed by atoms with van der Waals surface area (Å²) in [7, 11) is -1.12. The van der Waals surface area contributed by atoms with E-state index >= 15 is 0 Å². The van der Waals surface area contributed by atoms with Crippen LogP contribution in [0, 0.1) is 17.2 Å². The van der Waals surface area contributed by atoms with E-state index in [-0.39, 0.29) is 17.7 Å². The van der Waals surface area contributed by atoms with Gasteiger partial charge in [-0.05, 0) is 24.4 Å². The molecule has 0 bridgehead atoms. The lowest BCUT2D eigenvalue weighted by molar-refractivity contribution is -0.117. The van der Waals surface area contributed by atoms with Crippen LogP contribution >= 0.6 is 0 Å². The molecule has 0 aliphatic heterocycles. The van der Waals surface area contributed by atoms with E-state index in [2.05, 4.69) is 40.8 Å². The molecule has 0 aromatic carbocycles. The van der Waals surface area contributed by atoms with E-state index in [0.717, 1.165) is 41.4 Å². The molecule has 3 aromatic heterocycles. The van der Waals surface area contributed by atoms with Crippen molar-refractivity contribution >= 4 is 24.9 Å². The van der Waals surface area contributed by atoms with Crippen molar-refractivity contribution in [2.24, 2.45) is 5.92 Å². The summed E-state index contributed by atoms with van der Waals surface area (Å²) < 4.78 is 9.74. The highest BCUT2D eigenvalue weighted by Gasteiger charge is 2.31. The number of nitriles is 1. The van der Waals surface area contributed by atoms with Crippen LogP contribution in [0.3, 0.4) is 0 Å². The smallest absolute Gasteiger partial charge is 0.145 e. The predicted molar refractivity (Wildman–Crippen MR) is 124 cm³/mol. The molecule has 3 heterocycles. The van der Waals surface area contributed by atoms with Gasteiger partial charge in [0.25, 0.3) is 0 Å². The zero-order valence-electron chi connectivity index (χ0n) is 19.0. The Hall–Kier alpha value is -2.83. The summed E-state index contributed by atoms with van der Waals surface area (Å²) in [5.74, 6) is 0.436. The van der Waals surface area contributed by atoms with Crippen molar-refractivity contribution in [2.45, 2.75) is 64.1 Å². The average Bonchev–Trinajstić information content (AvgIpc) is 3.48. The van der Waals surface area contributed by atoms with Crippen LogP contribution in [0.1, 0.15) is 31.7 Å². The first-order valence-electron chi connectivity index (χ1n) is 11.2. The van der Waals surface area contributed by atoms with Gasteiger partial charge in [0.2, 0.25) is 0 Å². The highest BCUT2D eigenvalue weighted by atomic mass is 28.3. The third-order valence-electron chi connectivity index (χ3n) is 6.13. The summed E-state index contributed by atoms with van der Waals surface area (Å²) >= 11 is 0. The number of hydrogen-bond donors (Lipinski definition) is 0. The van der Waals surface area contributed by atoms with Crippen LogP contribution in [-0.2, 0) is 16.3 Å². The van der Waals surface area contributed by atoms with Gasteiger partial charge in [0.05, 0.1) is 30.4 Å². The number of rotatable bonds is 9. The van der Waals surface area contributed by atoms with Crippen molar-refractivity contribution in [1.29, 1.82) is 5.26 Å². The number of ketones is 1. The molecule has 1 fully saturated rings. The highest BCUT2D eigenvalue weighted by Crippen LogP contribution is 2.35. The Bertz CT molecular complexity index is 1140. The molecule has 8 nitrogen and oxygen atoms in total. The standard InChI is InChI=1S/C23H30N6O2Si/c1-32(2,3)11-10-31-16-28-9-7-20-22(25-15-26-23(20)28)18-13-27-29(14-18)21(6-8-24)17-4-5-19(30)12-17/h7,9,13-15,17,21H,4-6,10-12,16H2,1-3H3. The molecular weight excluding hydrogens is 420 g/mol. The van der Waals surface area contributed by atoms with Crippen LogP contribution in [-0.4, -0.2) is 44.8 Å². The fraction of sp³-hybridized carbons (Fsp3) is 0.522. The van der Waals surface area contributed by atoms with Gasteiger partial charge in [0, 0.05) is 50.9 Å². The Morgan fingerprint density at radius 2 is 2.19 bits per heavy atom. The minimum Gasteiger partial charge on any atom is -0.361 e. The Morgan fingerprint density at radius 1 is 1.34 bits per heavy atom. The van der Waals surface area contributed by atoms with Crippen LogP contribution < -0.4 is 0 Å². The van der Waals surface area contributed by atoms with Crippen LogP contribution in [0.15, 0.2) is 31.0 Å². The number of carbonyl (C=O) groups is 1. The number of aromatic nitrogens is 5.